The van der Waals surface area contributed by atoms with Gasteiger partial charge in [-0.15, -0.1) is 0 Å². The Morgan fingerprint density at radius 3 is 2.63 bits per heavy atom. The third kappa shape index (κ3) is 3.77. The smallest absolute Gasteiger partial charge is 0.267 e. The van der Waals surface area contributed by atoms with Gasteiger partial charge in [0.2, 0.25) is 0 Å². The maximum absolute atomic E-state index is 11.7. The van der Waals surface area contributed by atoms with E-state index in [1.54, 1.807) is 36.4 Å². The Labute approximate surface area is 120 Å². The van der Waals surface area contributed by atoms with Crippen LogP contribution in [0.5, 0.6) is 0 Å². The first-order valence-electron chi connectivity index (χ1n) is 5.36. The normalized spacial score (nSPS) is 10.6. The van der Waals surface area contributed by atoms with Crippen molar-refractivity contribution in [3.05, 3.63) is 63.9 Å². The Hall–Kier alpha value is -1.91. The van der Waals surface area contributed by atoms with E-state index in [-0.39, 0.29) is 10.7 Å². The second-order valence-electron chi connectivity index (χ2n) is 3.59. The van der Waals surface area contributed by atoms with Gasteiger partial charge in [0.25, 0.3) is 5.91 Å². The molecular formula is C13H9Cl2N3O. The molecule has 6 heteroatoms. The van der Waals surface area contributed by atoms with Gasteiger partial charge in [0.1, 0.15) is 5.15 Å². The number of hydrazone groups is 1. The Morgan fingerprint density at radius 2 is 1.95 bits per heavy atom. The molecular weight excluding hydrogens is 285 g/mol. The van der Waals surface area contributed by atoms with Crippen molar-refractivity contribution in [3.63, 3.8) is 0 Å². The minimum Gasteiger partial charge on any atom is -0.267 e. The van der Waals surface area contributed by atoms with Crippen LogP contribution in [0, 0.1) is 0 Å². The van der Waals surface area contributed by atoms with Gasteiger partial charge < -0.3 is 0 Å². The summed E-state index contributed by atoms with van der Waals surface area (Å²) in [4.78, 5) is 15.6. The molecule has 0 aliphatic carbocycles. The highest BCUT2D eigenvalue weighted by atomic mass is 35.5. The molecule has 0 spiro atoms. The first kappa shape index (κ1) is 13.5. The van der Waals surface area contributed by atoms with E-state index in [9.17, 15) is 4.79 Å². The molecule has 0 aliphatic rings. The van der Waals surface area contributed by atoms with Gasteiger partial charge in [-0.05, 0) is 29.8 Å². The highest BCUT2D eigenvalue weighted by Crippen LogP contribution is 2.11. The van der Waals surface area contributed by atoms with Gasteiger partial charge in [-0.25, -0.2) is 10.4 Å². The predicted octanol–water partition coefficient (Wildman–Crippen LogP) is 3.15. The number of hydrogen-bond donors (Lipinski definition) is 1. The summed E-state index contributed by atoms with van der Waals surface area (Å²) in [7, 11) is 0. The van der Waals surface area contributed by atoms with Crippen LogP contribution in [0.15, 0.2) is 47.7 Å². The molecule has 1 heterocycles. The fourth-order valence-electron chi connectivity index (χ4n) is 1.33. The molecule has 96 valence electrons. The Balaban J connectivity index is 2.01. The molecule has 0 bridgehead atoms. The van der Waals surface area contributed by atoms with Crippen LogP contribution >= 0.6 is 23.2 Å². The van der Waals surface area contributed by atoms with Crippen molar-refractivity contribution >= 4 is 35.3 Å². The van der Waals surface area contributed by atoms with E-state index < -0.39 is 5.91 Å². The van der Waals surface area contributed by atoms with Gasteiger partial charge in [0.05, 0.1) is 11.8 Å². The van der Waals surface area contributed by atoms with Gasteiger partial charge in [0, 0.05) is 11.2 Å². The maximum Gasteiger partial charge on any atom is 0.274 e. The molecule has 0 saturated heterocycles. The van der Waals surface area contributed by atoms with Gasteiger partial charge in [0.15, 0.2) is 0 Å². The van der Waals surface area contributed by atoms with E-state index in [2.05, 4.69) is 15.5 Å². The second kappa shape index (κ2) is 6.31. The molecule has 1 N–H and O–H groups in total. The van der Waals surface area contributed by atoms with Gasteiger partial charge >= 0.3 is 0 Å². The van der Waals surface area contributed by atoms with Crippen LogP contribution in [-0.2, 0) is 0 Å². The minimum atomic E-state index is -0.414. The number of nitrogens with zero attached hydrogens (tertiary/aromatic N) is 2. The number of carbonyl (C=O) groups is 1. The highest BCUT2D eigenvalue weighted by molar-refractivity contribution is 6.32. The van der Waals surface area contributed by atoms with Crippen molar-refractivity contribution in [2.24, 2.45) is 5.10 Å². The molecule has 0 unspecified atom stereocenters. The van der Waals surface area contributed by atoms with Gasteiger partial charge in [-0.2, -0.15) is 5.10 Å². The number of aromatic nitrogens is 1. The number of amides is 1. The SMILES string of the molecule is O=C(N/N=C/c1ccc(Cl)cc1)c1cccnc1Cl. The van der Waals surface area contributed by atoms with E-state index in [1.807, 2.05) is 0 Å². The zero-order valence-corrected chi connectivity index (χ0v) is 11.2. The maximum atomic E-state index is 11.7. The first-order valence-corrected chi connectivity index (χ1v) is 6.12. The van der Waals surface area contributed by atoms with Crippen LogP contribution in [-0.4, -0.2) is 17.1 Å². The summed E-state index contributed by atoms with van der Waals surface area (Å²) in [6, 6.07) is 10.3. The number of hydrogen-bond acceptors (Lipinski definition) is 3. The standard InChI is InChI=1S/C13H9Cl2N3O/c14-10-5-3-9(4-6-10)8-17-18-13(19)11-2-1-7-16-12(11)15/h1-8H,(H,18,19)/b17-8+. The average molecular weight is 294 g/mol. The van der Waals surface area contributed by atoms with Crippen LogP contribution < -0.4 is 5.43 Å². The predicted molar refractivity (Wildman–Crippen MR) is 75.8 cm³/mol. The fourth-order valence-corrected chi connectivity index (χ4v) is 1.66. The molecule has 2 aromatic rings. The highest BCUT2D eigenvalue weighted by Gasteiger charge is 2.08. The average Bonchev–Trinajstić information content (AvgIpc) is 2.41. The Kier molecular flexibility index (Phi) is 4.49. The molecule has 1 aromatic heterocycles. The molecule has 19 heavy (non-hydrogen) atoms. The Morgan fingerprint density at radius 1 is 1.21 bits per heavy atom. The third-order valence-electron chi connectivity index (χ3n) is 2.25. The zero-order valence-electron chi connectivity index (χ0n) is 9.68. The summed E-state index contributed by atoms with van der Waals surface area (Å²) in [6.07, 6.45) is 3.02. The number of pyridine rings is 1. The van der Waals surface area contributed by atoms with Gasteiger partial charge in [-0.1, -0.05) is 35.3 Å². The van der Waals surface area contributed by atoms with Crippen molar-refractivity contribution in [1.29, 1.82) is 0 Å². The summed E-state index contributed by atoms with van der Waals surface area (Å²) in [6.45, 7) is 0. The van der Waals surface area contributed by atoms with Crippen molar-refractivity contribution in [3.8, 4) is 0 Å². The lowest BCUT2D eigenvalue weighted by molar-refractivity contribution is 0.0955. The monoisotopic (exact) mass is 293 g/mol. The van der Waals surface area contributed by atoms with Crippen LogP contribution in [0.4, 0.5) is 0 Å². The number of benzene rings is 1. The number of carbonyl (C=O) groups excluding carboxylic acids is 1. The van der Waals surface area contributed by atoms with Crippen LogP contribution in [0.1, 0.15) is 15.9 Å². The summed E-state index contributed by atoms with van der Waals surface area (Å²) in [5, 5.41) is 4.62. The van der Waals surface area contributed by atoms with Crippen molar-refractivity contribution in [2.45, 2.75) is 0 Å². The molecule has 0 radical (unpaired) electrons. The molecule has 1 amide bonds. The molecule has 0 fully saturated rings. The lowest BCUT2D eigenvalue weighted by Crippen LogP contribution is -2.18. The fraction of sp³-hybridized carbons (Fsp3) is 0. The zero-order chi connectivity index (χ0) is 13.7. The summed E-state index contributed by atoms with van der Waals surface area (Å²) in [5.41, 5.74) is 3.47. The van der Waals surface area contributed by atoms with E-state index in [0.717, 1.165) is 5.56 Å². The number of nitrogens with one attached hydrogen (secondary N) is 1. The lowest BCUT2D eigenvalue weighted by atomic mass is 10.2. The largest absolute Gasteiger partial charge is 0.274 e. The second-order valence-corrected chi connectivity index (χ2v) is 4.39. The van der Waals surface area contributed by atoms with E-state index in [4.69, 9.17) is 23.2 Å². The summed E-state index contributed by atoms with van der Waals surface area (Å²) in [5.74, 6) is -0.414. The quantitative estimate of drug-likeness (QED) is 0.537. The first-order chi connectivity index (χ1) is 9.16. The molecule has 0 aliphatic heterocycles. The van der Waals surface area contributed by atoms with Crippen molar-refractivity contribution < 1.29 is 4.79 Å². The van der Waals surface area contributed by atoms with E-state index in [0.29, 0.717) is 5.02 Å². The summed E-state index contributed by atoms with van der Waals surface area (Å²) < 4.78 is 0. The summed E-state index contributed by atoms with van der Waals surface area (Å²) >= 11 is 11.6. The lowest BCUT2D eigenvalue weighted by Gasteiger charge is -2.00. The molecule has 2 rings (SSSR count). The topological polar surface area (TPSA) is 54.4 Å². The minimum absolute atomic E-state index is 0.140. The Bertz CT molecular complexity index is 612. The van der Waals surface area contributed by atoms with Gasteiger partial charge in [-0.3, -0.25) is 4.79 Å². The number of rotatable bonds is 3. The third-order valence-corrected chi connectivity index (χ3v) is 2.81. The van der Waals surface area contributed by atoms with Crippen LogP contribution in [0.25, 0.3) is 0 Å². The van der Waals surface area contributed by atoms with E-state index >= 15 is 0 Å². The van der Waals surface area contributed by atoms with Crippen LogP contribution in [0.3, 0.4) is 0 Å². The molecule has 0 atom stereocenters. The van der Waals surface area contributed by atoms with Crippen molar-refractivity contribution in [2.75, 3.05) is 0 Å². The molecule has 4 nitrogen and oxygen atoms in total. The molecule has 0 saturated carbocycles. The molecule has 1 aromatic carbocycles. The van der Waals surface area contributed by atoms with E-state index in [1.165, 1.54) is 12.4 Å². The number of halogens is 2. The van der Waals surface area contributed by atoms with Crippen molar-refractivity contribution in [1.82, 2.24) is 10.4 Å². The van der Waals surface area contributed by atoms with Crippen LogP contribution in [0.2, 0.25) is 10.2 Å².